The minimum Gasteiger partial charge on any atom is -0.491 e. The highest BCUT2D eigenvalue weighted by molar-refractivity contribution is 5.31. The number of hydrogen-bond donors (Lipinski definition) is 0. The van der Waals surface area contributed by atoms with Crippen LogP contribution in [0.15, 0.2) is 24.3 Å². The first kappa shape index (κ1) is 23.2. The molecule has 1 aromatic rings. The maximum absolute atomic E-state index is 14.3. The van der Waals surface area contributed by atoms with E-state index in [4.69, 9.17) is 9.47 Å². The summed E-state index contributed by atoms with van der Waals surface area (Å²) in [6.07, 6.45) is 13.2. The highest BCUT2D eigenvalue weighted by Crippen LogP contribution is 2.37. The third kappa shape index (κ3) is 6.26. The SMILES string of the molecule is CCOc1ccc(CCC2CCC(C3CCC(/C=C/CCF)CC3)OC2)c(F)c1F. The standard InChI is InChI=1S/C25H35F3O2/c1-2-29-23-15-13-21(24(27)25(23)28)12-8-19-9-14-22(30-17-19)20-10-6-18(7-11-20)5-3-4-16-26/h3,5,13,15,18-20,22H,2,4,6-12,14,16-17H2,1H3/b5-3+. The molecule has 2 aliphatic rings. The molecule has 1 aromatic carbocycles. The summed E-state index contributed by atoms with van der Waals surface area (Å²) in [5.74, 6) is -0.0780. The summed E-state index contributed by atoms with van der Waals surface area (Å²) < 4.78 is 51.8. The van der Waals surface area contributed by atoms with Crippen LogP contribution in [-0.2, 0) is 11.2 Å². The van der Waals surface area contributed by atoms with Crippen LogP contribution in [0.3, 0.4) is 0 Å². The first-order valence-electron chi connectivity index (χ1n) is 11.6. The summed E-state index contributed by atoms with van der Waals surface area (Å²) in [5, 5.41) is 0. The number of halogens is 3. The monoisotopic (exact) mass is 424 g/mol. The molecule has 1 aliphatic heterocycles. The van der Waals surface area contributed by atoms with E-state index in [0.717, 1.165) is 19.3 Å². The van der Waals surface area contributed by atoms with Gasteiger partial charge in [0.15, 0.2) is 11.6 Å². The van der Waals surface area contributed by atoms with Gasteiger partial charge < -0.3 is 9.47 Å². The molecule has 2 fully saturated rings. The minimum atomic E-state index is -0.885. The summed E-state index contributed by atoms with van der Waals surface area (Å²) in [5.41, 5.74) is 0.414. The van der Waals surface area contributed by atoms with Crippen LogP contribution in [0.4, 0.5) is 13.2 Å². The second-order valence-electron chi connectivity index (χ2n) is 8.72. The molecular formula is C25H35F3O2. The van der Waals surface area contributed by atoms with Crippen molar-refractivity contribution < 1.29 is 22.6 Å². The molecule has 0 aromatic heterocycles. The fourth-order valence-corrected chi connectivity index (χ4v) is 4.88. The molecule has 0 N–H and O–H groups in total. The fourth-order valence-electron chi connectivity index (χ4n) is 4.88. The van der Waals surface area contributed by atoms with Crippen LogP contribution in [0.5, 0.6) is 5.75 Å². The van der Waals surface area contributed by atoms with Crippen LogP contribution in [0.2, 0.25) is 0 Å². The topological polar surface area (TPSA) is 18.5 Å². The van der Waals surface area contributed by atoms with Crippen LogP contribution in [0.1, 0.15) is 63.9 Å². The minimum absolute atomic E-state index is 0.0183. The van der Waals surface area contributed by atoms with E-state index in [1.807, 2.05) is 6.08 Å². The molecule has 3 rings (SSSR count). The normalized spacial score (nSPS) is 27.5. The Hall–Kier alpha value is -1.49. The predicted molar refractivity (Wildman–Crippen MR) is 113 cm³/mol. The van der Waals surface area contributed by atoms with E-state index in [1.165, 1.54) is 31.7 Å². The van der Waals surface area contributed by atoms with Crippen molar-refractivity contribution in [1.82, 2.24) is 0 Å². The van der Waals surface area contributed by atoms with Crippen molar-refractivity contribution >= 4 is 0 Å². The van der Waals surface area contributed by atoms with E-state index in [9.17, 15) is 13.2 Å². The second-order valence-corrected chi connectivity index (χ2v) is 8.72. The van der Waals surface area contributed by atoms with E-state index in [1.54, 1.807) is 13.0 Å². The average Bonchev–Trinajstić information content (AvgIpc) is 2.78. The van der Waals surface area contributed by atoms with Gasteiger partial charge in [-0.1, -0.05) is 18.2 Å². The van der Waals surface area contributed by atoms with E-state index >= 15 is 0 Å². The Morgan fingerprint density at radius 3 is 2.53 bits per heavy atom. The molecule has 2 atom stereocenters. The molecule has 1 saturated heterocycles. The first-order chi connectivity index (χ1) is 14.6. The van der Waals surface area contributed by atoms with E-state index < -0.39 is 11.6 Å². The Kier molecular flexibility index (Phi) is 9.10. The van der Waals surface area contributed by atoms with Crippen LogP contribution in [-0.4, -0.2) is 26.0 Å². The number of rotatable bonds is 9. The van der Waals surface area contributed by atoms with Crippen molar-refractivity contribution in [2.75, 3.05) is 19.9 Å². The molecule has 2 unspecified atom stereocenters. The zero-order chi connectivity index (χ0) is 21.3. The summed E-state index contributed by atoms with van der Waals surface area (Å²) in [7, 11) is 0. The Bertz CT molecular complexity index is 675. The molecular weight excluding hydrogens is 389 g/mol. The smallest absolute Gasteiger partial charge is 0.200 e. The third-order valence-corrected chi connectivity index (χ3v) is 6.68. The van der Waals surface area contributed by atoms with E-state index in [-0.39, 0.29) is 12.4 Å². The predicted octanol–water partition coefficient (Wildman–Crippen LogP) is 6.81. The summed E-state index contributed by atoms with van der Waals surface area (Å²) >= 11 is 0. The van der Waals surface area contributed by atoms with Gasteiger partial charge in [0.05, 0.1) is 19.4 Å². The Morgan fingerprint density at radius 2 is 1.87 bits per heavy atom. The largest absolute Gasteiger partial charge is 0.491 e. The van der Waals surface area contributed by atoms with E-state index in [2.05, 4.69) is 6.08 Å². The second kappa shape index (κ2) is 11.8. The van der Waals surface area contributed by atoms with Crippen molar-refractivity contribution in [1.29, 1.82) is 0 Å². The van der Waals surface area contributed by atoms with Gasteiger partial charge >= 0.3 is 0 Å². The van der Waals surface area contributed by atoms with Gasteiger partial charge in [0, 0.05) is 6.61 Å². The summed E-state index contributed by atoms with van der Waals surface area (Å²) in [4.78, 5) is 0. The van der Waals surface area contributed by atoms with Gasteiger partial charge in [-0.3, -0.25) is 4.39 Å². The van der Waals surface area contributed by atoms with Gasteiger partial charge in [-0.15, -0.1) is 0 Å². The van der Waals surface area contributed by atoms with Gasteiger partial charge in [0.25, 0.3) is 0 Å². The number of hydrogen-bond acceptors (Lipinski definition) is 2. The van der Waals surface area contributed by atoms with Gasteiger partial charge in [-0.25, -0.2) is 4.39 Å². The van der Waals surface area contributed by atoms with Gasteiger partial charge in [0.1, 0.15) is 0 Å². The highest BCUT2D eigenvalue weighted by atomic mass is 19.2. The lowest BCUT2D eigenvalue weighted by Crippen LogP contribution is -2.34. The van der Waals surface area contributed by atoms with Crippen molar-refractivity contribution in [2.45, 2.75) is 70.8 Å². The lowest BCUT2D eigenvalue weighted by molar-refractivity contribution is -0.0581. The molecule has 0 spiro atoms. The zero-order valence-electron chi connectivity index (χ0n) is 18.1. The fraction of sp³-hybridized carbons (Fsp3) is 0.680. The molecule has 0 bridgehead atoms. The van der Waals surface area contributed by atoms with Crippen LogP contribution in [0, 0.1) is 29.4 Å². The molecule has 168 valence electrons. The molecule has 30 heavy (non-hydrogen) atoms. The lowest BCUT2D eigenvalue weighted by atomic mass is 9.77. The van der Waals surface area contributed by atoms with Crippen LogP contribution >= 0.6 is 0 Å². The molecule has 2 nitrogen and oxygen atoms in total. The van der Waals surface area contributed by atoms with Crippen molar-refractivity contribution in [2.24, 2.45) is 17.8 Å². The summed E-state index contributed by atoms with van der Waals surface area (Å²) in [6, 6.07) is 3.16. The highest BCUT2D eigenvalue weighted by Gasteiger charge is 2.31. The zero-order valence-corrected chi connectivity index (χ0v) is 18.1. The molecule has 0 amide bonds. The van der Waals surface area contributed by atoms with Crippen LogP contribution < -0.4 is 4.74 Å². The van der Waals surface area contributed by atoms with Crippen molar-refractivity contribution in [3.05, 3.63) is 41.5 Å². The number of ether oxygens (including phenoxy) is 2. The third-order valence-electron chi connectivity index (χ3n) is 6.68. The summed E-state index contributed by atoms with van der Waals surface area (Å²) in [6.45, 7) is 2.50. The van der Waals surface area contributed by atoms with Gasteiger partial charge in [-0.2, -0.15) is 4.39 Å². The molecule has 5 heteroatoms. The Labute approximate surface area is 178 Å². The lowest BCUT2D eigenvalue weighted by Gasteiger charge is -2.37. The molecule has 1 aliphatic carbocycles. The molecule has 1 saturated carbocycles. The number of benzene rings is 1. The van der Waals surface area contributed by atoms with Crippen molar-refractivity contribution in [3.63, 3.8) is 0 Å². The van der Waals surface area contributed by atoms with Crippen LogP contribution in [0.25, 0.3) is 0 Å². The number of allylic oxidation sites excluding steroid dienone is 2. The number of alkyl halides is 1. The van der Waals surface area contributed by atoms with Crippen molar-refractivity contribution in [3.8, 4) is 5.75 Å². The first-order valence-corrected chi connectivity index (χ1v) is 11.6. The maximum atomic E-state index is 14.3. The molecule has 0 radical (unpaired) electrons. The van der Waals surface area contributed by atoms with Gasteiger partial charge in [-0.05, 0) is 94.1 Å². The van der Waals surface area contributed by atoms with E-state index in [0.29, 0.717) is 55.5 Å². The Morgan fingerprint density at radius 1 is 1.07 bits per heavy atom. The molecule has 1 heterocycles. The average molecular weight is 425 g/mol. The quantitative estimate of drug-likeness (QED) is 0.405. The number of aryl methyl sites for hydroxylation is 1. The maximum Gasteiger partial charge on any atom is 0.200 e. The Balaban J connectivity index is 1.40. The van der Waals surface area contributed by atoms with Gasteiger partial charge in [0.2, 0.25) is 5.82 Å².